The number of sulfonamides is 1. The van der Waals surface area contributed by atoms with Crippen LogP contribution < -0.4 is 14.8 Å². The lowest BCUT2D eigenvalue weighted by atomic mass is 10.2. The Morgan fingerprint density at radius 3 is 2.28 bits per heavy atom. The first-order valence-corrected chi connectivity index (χ1v) is 11.0. The lowest BCUT2D eigenvalue weighted by Gasteiger charge is -2.13. The fourth-order valence-corrected chi connectivity index (χ4v) is 4.56. The molecule has 0 saturated carbocycles. The van der Waals surface area contributed by atoms with Gasteiger partial charge in [-0.25, -0.2) is 13.2 Å². The van der Waals surface area contributed by atoms with Gasteiger partial charge in [-0.1, -0.05) is 24.3 Å². The second-order valence-electron chi connectivity index (χ2n) is 6.04. The topological polar surface area (TPSA) is 102 Å². The molecule has 0 aliphatic heterocycles. The Bertz CT molecular complexity index is 1080. The molecule has 1 amide bonds. The maximum absolute atomic E-state index is 12.2. The van der Waals surface area contributed by atoms with Crippen LogP contribution in [-0.4, -0.2) is 26.3 Å². The van der Waals surface area contributed by atoms with Crippen molar-refractivity contribution in [2.45, 2.75) is 17.2 Å². The number of ether oxygens (including phenoxy) is 1. The predicted octanol–water partition coefficient (Wildman–Crippen LogP) is 3.27. The molecule has 2 aromatic carbocycles. The van der Waals surface area contributed by atoms with Gasteiger partial charge in [0.25, 0.3) is 15.9 Å². The van der Waals surface area contributed by atoms with Crippen LogP contribution in [0.2, 0.25) is 0 Å². The third kappa shape index (κ3) is 5.50. The molecule has 29 heavy (non-hydrogen) atoms. The van der Waals surface area contributed by atoms with Gasteiger partial charge in [0.05, 0.1) is 0 Å². The molecule has 3 rings (SSSR count). The summed E-state index contributed by atoms with van der Waals surface area (Å²) in [6, 6.07) is 17.0. The van der Waals surface area contributed by atoms with Crippen molar-refractivity contribution >= 4 is 38.9 Å². The average Bonchev–Trinajstić information content (AvgIpc) is 3.26. The number of thiophene rings is 1. The Morgan fingerprint density at radius 1 is 0.966 bits per heavy atom. The maximum atomic E-state index is 12.2. The molecule has 7 nitrogen and oxygen atoms in total. The third-order valence-corrected chi connectivity index (χ3v) is 6.75. The van der Waals surface area contributed by atoms with Gasteiger partial charge in [0.1, 0.15) is 16.0 Å². The smallest absolute Gasteiger partial charge is 0.329 e. The fourth-order valence-electron chi connectivity index (χ4n) is 2.36. The summed E-state index contributed by atoms with van der Waals surface area (Å²) in [7, 11) is -3.78. The Labute approximate surface area is 172 Å². The number of rotatable bonds is 7. The highest BCUT2D eigenvalue weighted by Gasteiger charge is 2.24. The zero-order chi connectivity index (χ0) is 20.9. The Kier molecular flexibility index (Phi) is 6.42. The molecule has 1 unspecified atom stereocenters. The van der Waals surface area contributed by atoms with E-state index >= 15 is 0 Å². The van der Waals surface area contributed by atoms with Crippen molar-refractivity contribution in [2.75, 3.05) is 5.32 Å². The van der Waals surface area contributed by atoms with Crippen LogP contribution in [0.4, 0.5) is 5.69 Å². The molecule has 0 saturated heterocycles. The molecule has 9 heteroatoms. The van der Waals surface area contributed by atoms with Gasteiger partial charge in [-0.2, -0.15) is 4.72 Å². The van der Waals surface area contributed by atoms with Gasteiger partial charge in [0.2, 0.25) is 0 Å². The van der Waals surface area contributed by atoms with E-state index in [1.54, 1.807) is 47.8 Å². The number of carbonyl (C=O) groups excluding carboxylic acids is 2. The van der Waals surface area contributed by atoms with Gasteiger partial charge in [-0.05, 0) is 54.8 Å². The summed E-state index contributed by atoms with van der Waals surface area (Å²) in [5.41, 5.74) is 1.06. The first-order valence-electron chi connectivity index (χ1n) is 8.59. The number of nitrogens with one attached hydrogen (secondary N) is 2. The van der Waals surface area contributed by atoms with E-state index in [4.69, 9.17) is 4.74 Å². The Balaban J connectivity index is 1.57. The molecule has 3 aromatic rings. The standard InChI is InChI=1S/C20H18N2O5S2/c1-14(22-29(25,26)18-8-5-13-28-18)20(24)27-17-11-9-16(10-12-17)21-19(23)15-6-3-2-4-7-15/h2-14,22H,1H3,(H,21,23). The van der Waals surface area contributed by atoms with Crippen LogP contribution in [-0.2, 0) is 14.8 Å². The van der Waals surface area contributed by atoms with E-state index in [0.717, 1.165) is 11.3 Å². The fraction of sp³-hybridized carbons (Fsp3) is 0.100. The Hall–Kier alpha value is -3.01. The van der Waals surface area contributed by atoms with Crippen LogP contribution in [0.3, 0.4) is 0 Å². The zero-order valence-corrected chi connectivity index (χ0v) is 17.0. The zero-order valence-electron chi connectivity index (χ0n) is 15.4. The average molecular weight is 431 g/mol. The summed E-state index contributed by atoms with van der Waals surface area (Å²) >= 11 is 1.06. The highest BCUT2D eigenvalue weighted by molar-refractivity contribution is 7.91. The summed E-state index contributed by atoms with van der Waals surface area (Å²) in [6.07, 6.45) is 0. The van der Waals surface area contributed by atoms with Crippen molar-refractivity contribution in [3.8, 4) is 5.75 Å². The molecule has 0 fully saturated rings. The van der Waals surface area contributed by atoms with Crippen LogP contribution in [0.15, 0.2) is 76.3 Å². The Morgan fingerprint density at radius 2 is 1.66 bits per heavy atom. The van der Waals surface area contributed by atoms with Gasteiger partial charge >= 0.3 is 5.97 Å². The minimum Gasteiger partial charge on any atom is -0.425 e. The van der Waals surface area contributed by atoms with Gasteiger partial charge < -0.3 is 10.1 Å². The second-order valence-corrected chi connectivity index (χ2v) is 8.93. The van der Waals surface area contributed by atoms with Gasteiger partial charge in [-0.3, -0.25) is 4.79 Å². The first kappa shape index (κ1) is 20.7. The van der Waals surface area contributed by atoms with Crippen LogP contribution >= 0.6 is 11.3 Å². The van der Waals surface area contributed by atoms with Gasteiger partial charge in [0, 0.05) is 11.3 Å². The number of anilines is 1. The van der Waals surface area contributed by atoms with Crippen LogP contribution in [0.1, 0.15) is 17.3 Å². The molecule has 0 spiro atoms. The van der Waals surface area contributed by atoms with Crippen molar-refractivity contribution in [3.63, 3.8) is 0 Å². The molecule has 0 bridgehead atoms. The van der Waals surface area contributed by atoms with E-state index in [-0.39, 0.29) is 15.9 Å². The molecule has 1 aromatic heterocycles. The number of carbonyl (C=O) groups is 2. The van der Waals surface area contributed by atoms with Crippen LogP contribution in [0.25, 0.3) is 0 Å². The minimum absolute atomic E-state index is 0.121. The molecule has 150 valence electrons. The second kappa shape index (κ2) is 8.99. The van der Waals surface area contributed by atoms with E-state index in [1.165, 1.54) is 25.1 Å². The molecular weight excluding hydrogens is 412 g/mol. The summed E-state index contributed by atoms with van der Waals surface area (Å²) in [4.78, 5) is 24.3. The third-order valence-electron chi connectivity index (χ3n) is 3.81. The maximum Gasteiger partial charge on any atom is 0.329 e. The number of esters is 1. The highest BCUT2D eigenvalue weighted by atomic mass is 32.2. The van der Waals surface area contributed by atoms with E-state index < -0.39 is 22.0 Å². The summed E-state index contributed by atoms with van der Waals surface area (Å²) in [5.74, 6) is -0.770. The molecule has 1 heterocycles. The normalized spacial score (nSPS) is 12.2. The van der Waals surface area contributed by atoms with Crippen molar-refractivity contribution in [3.05, 3.63) is 77.7 Å². The SMILES string of the molecule is CC(NS(=O)(=O)c1cccs1)C(=O)Oc1ccc(NC(=O)c2ccccc2)cc1. The molecule has 0 aliphatic rings. The lowest BCUT2D eigenvalue weighted by molar-refractivity contribution is -0.135. The number of hydrogen-bond donors (Lipinski definition) is 2. The van der Waals surface area contributed by atoms with Crippen molar-refractivity contribution in [2.24, 2.45) is 0 Å². The lowest BCUT2D eigenvalue weighted by Crippen LogP contribution is -2.40. The van der Waals surface area contributed by atoms with Crippen molar-refractivity contribution < 1.29 is 22.7 Å². The highest BCUT2D eigenvalue weighted by Crippen LogP contribution is 2.18. The summed E-state index contributed by atoms with van der Waals surface area (Å²) < 4.78 is 32.0. The molecular formula is C20H18N2O5S2. The van der Waals surface area contributed by atoms with Crippen molar-refractivity contribution in [1.82, 2.24) is 4.72 Å². The molecule has 0 aliphatic carbocycles. The first-order chi connectivity index (χ1) is 13.8. The minimum atomic E-state index is -3.78. The van der Waals surface area contributed by atoms with E-state index in [1.807, 2.05) is 6.07 Å². The van der Waals surface area contributed by atoms with E-state index in [0.29, 0.717) is 11.3 Å². The van der Waals surface area contributed by atoms with Crippen LogP contribution in [0, 0.1) is 0 Å². The predicted molar refractivity (Wildman–Crippen MR) is 111 cm³/mol. The number of hydrogen-bond acceptors (Lipinski definition) is 6. The van der Waals surface area contributed by atoms with E-state index in [2.05, 4.69) is 10.0 Å². The van der Waals surface area contributed by atoms with Crippen molar-refractivity contribution in [1.29, 1.82) is 0 Å². The number of amides is 1. The van der Waals surface area contributed by atoms with Gasteiger partial charge in [-0.15, -0.1) is 11.3 Å². The summed E-state index contributed by atoms with van der Waals surface area (Å²) in [6.45, 7) is 1.40. The molecule has 0 radical (unpaired) electrons. The quantitative estimate of drug-likeness (QED) is 0.442. The number of benzene rings is 2. The van der Waals surface area contributed by atoms with Crippen LogP contribution in [0.5, 0.6) is 5.75 Å². The summed E-state index contributed by atoms with van der Waals surface area (Å²) in [5, 5.41) is 4.37. The van der Waals surface area contributed by atoms with Gasteiger partial charge in [0.15, 0.2) is 0 Å². The monoisotopic (exact) mass is 430 g/mol. The van der Waals surface area contributed by atoms with E-state index in [9.17, 15) is 18.0 Å². The largest absolute Gasteiger partial charge is 0.425 e. The molecule has 2 N–H and O–H groups in total. The molecule has 1 atom stereocenters.